The van der Waals surface area contributed by atoms with E-state index in [9.17, 15) is 14.7 Å². The summed E-state index contributed by atoms with van der Waals surface area (Å²) in [5.74, 6) is -0.806. The summed E-state index contributed by atoms with van der Waals surface area (Å²) < 4.78 is 34.1. The maximum atomic E-state index is 15.5. The molecular weight excluding hydrogens is 513 g/mol. The van der Waals surface area contributed by atoms with E-state index < -0.39 is 23.5 Å². The highest BCUT2D eigenvalue weighted by molar-refractivity contribution is 6.01. The number of rotatable bonds is 5. The molecule has 2 aromatic heterocycles. The number of aliphatic carboxylic acids is 1. The number of benzene rings is 2. The molecule has 1 aliphatic rings. The summed E-state index contributed by atoms with van der Waals surface area (Å²) in [7, 11) is 1.54. The van der Waals surface area contributed by atoms with E-state index in [-0.39, 0.29) is 17.0 Å². The molecule has 7 nitrogen and oxygen atoms in total. The van der Waals surface area contributed by atoms with Crippen molar-refractivity contribution in [1.82, 2.24) is 4.57 Å². The monoisotopic (exact) mass is 547 g/mol. The number of carbonyl (C=O) groups is 1. The largest absolute Gasteiger partial charge is 0.490 e. The number of halogens is 1. The van der Waals surface area contributed by atoms with Gasteiger partial charge in [0.05, 0.1) is 24.2 Å². The minimum Gasteiger partial charge on any atom is -0.490 e. The lowest BCUT2D eigenvalue weighted by molar-refractivity contribution is -0.161. The van der Waals surface area contributed by atoms with Crippen molar-refractivity contribution in [2.24, 2.45) is 7.05 Å². The fourth-order valence-corrected chi connectivity index (χ4v) is 5.78. The molecular formula is C32H34FNO6. The van der Waals surface area contributed by atoms with Gasteiger partial charge in [-0.3, -0.25) is 4.79 Å². The van der Waals surface area contributed by atoms with Gasteiger partial charge < -0.3 is 23.6 Å². The molecule has 0 spiro atoms. The van der Waals surface area contributed by atoms with Crippen molar-refractivity contribution < 1.29 is 28.2 Å². The summed E-state index contributed by atoms with van der Waals surface area (Å²) in [5, 5.41) is 11.2. The van der Waals surface area contributed by atoms with Gasteiger partial charge in [0.15, 0.2) is 17.7 Å². The highest BCUT2D eigenvalue weighted by atomic mass is 19.1. The topological polar surface area (TPSA) is 90.9 Å². The maximum absolute atomic E-state index is 15.5. The maximum Gasteiger partial charge on any atom is 0.339 e. The Labute approximate surface area is 232 Å². The van der Waals surface area contributed by atoms with Gasteiger partial charge in [-0.05, 0) is 94.2 Å². The molecule has 8 heteroatoms. The lowest BCUT2D eigenvalue weighted by Crippen LogP contribution is -2.33. The molecule has 0 saturated heterocycles. The highest BCUT2D eigenvalue weighted by Crippen LogP contribution is 2.43. The number of furan rings is 1. The Hall–Kier alpha value is -3.91. The molecule has 0 radical (unpaired) electrons. The molecule has 40 heavy (non-hydrogen) atoms. The first kappa shape index (κ1) is 27.6. The van der Waals surface area contributed by atoms with Gasteiger partial charge in [-0.15, -0.1) is 0 Å². The second-order valence-electron chi connectivity index (χ2n) is 11.5. The molecule has 0 aliphatic carbocycles. The third-order valence-corrected chi connectivity index (χ3v) is 7.54. The number of aromatic nitrogens is 1. The van der Waals surface area contributed by atoms with Gasteiger partial charge in [-0.1, -0.05) is 12.1 Å². The van der Waals surface area contributed by atoms with Crippen molar-refractivity contribution in [3.05, 3.63) is 74.8 Å². The Morgan fingerprint density at radius 2 is 1.85 bits per heavy atom. The van der Waals surface area contributed by atoms with Gasteiger partial charge in [0.25, 0.3) is 5.56 Å². The van der Waals surface area contributed by atoms with Crippen LogP contribution >= 0.6 is 0 Å². The molecule has 3 heterocycles. The van der Waals surface area contributed by atoms with E-state index >= 15 is 4.39 Å². The Morgan fingerprint density at radius 1 is 1.12 bits per heavy atom. The average molecular weight is 548 g/mol. The number of pyridine rings is 1. The van der Waals surface area contributed by atoms with Crippen LogP contribution in [0.15, 0.2) is 39.7 Å². The van der Waals surface area contributed by atoms with Gasteiger partial charge in [0.2, 0.25) is 0 Å². The summed E-state index contributed by atoms with van der Waals surface area (Å²) in [6.07, 6.45) is 1.57. The van der Waals surface area contributed by atoms with E-state index in [1.807, 2.05) is 26.8 Å². The zero-order valence-electron chi connectivity index (χ0n) is 23.9. The second kappa shape index (κ2) is 9.93. The molecule has 1 atom stereocenters. The summed E-state index contributed by atoms with van der Waals surface area (Å²) in [4.78, 5) is 26.6. The molecule has 0 bridgehead atoms. The number of hydrogen-bond donors (Lipinski definition) is 1. The molecule has 5 rings (SSSR count). The molecule has 0 amide bonds. The molecule has 2 aromatic carbocycles. The first-order valence-electron chi connectivity index (χ1n) is 13.4. The Balaban J connectivity index is 1.92. The van der Waals surface area contributed by atoms with Crippen molar-refractivity contribution >= 4 is 16.7 Å². The lowest BCUT2D eigenvalue weighted by Gasteiger charge is -2.29. The van der Waals surface area contributed by atoms with Crippen molar-refractivity contribution in [3.63, 3.8) is 0 Å². The van der Waals surface area contributed by atoms with E-state index in [4.69, 9.17) is 13.9 Å². The van der Waals surface area contributed by atoms with Gasteiger partial charge in [0, 0.05) is 29.1 Å². The van der Waals surface area contributed by atoms with Gasteiger partial charge in [-0.25, -0.2) is 9.18 Å². The van der Waals surface area contributed by atoms with Crippen molar-refractivity contribution in [3.8, 4) is 28.0 Å². The van der Waals surface area contributed by atoms with Gasteiger partial charge in [0.1, 0.15) is 5.76 Å². The number of carboxylic acids is 1. The molecule has 0 fully saturated rings. The zero-order valence-corrected chi connectivity index (χ0v) is 23.9. The Morgan fingerprint density at radius 3 is 2.48 bits per heavy atom. The molecule has 210 valence electrons. The van der Waals surface area contributed by atoms with Crippen LogP contribution in [0.4, 0.5) is 4.39 Å². The number of ether oxygens (including phenoxy) is 2. The van der Waals surface area contributed by atoms with Crippen LogP contribution in [0.3, 0.4) is 0 Å². The summed E-state index contributed by atoms with van der Waals surface area (Å²) in [5.41, 5.74) is 4.05. The third-order valence-electron chi connectivity index (χ3n) is 7.54. The molecule has 0 saturated carbocycles. The third kappa shape index (κ3) is 4.60. The van der Waals surface area contributed by atoms with Crippen LogP contribution in [-0.4, -0.2) is 27.9 Å². The zero-order chi connectivity index (χ0) is 29.1. The van der Waals surface area contributed by atoms with E-state index in [1.165, 1.54) is 17.7 Å². The van der Waals surface area contributed by atoms with Crippen LogP contribution in [0.2, 0.25) is 0 Å². The predicted octanol–water partition coefficient (Wildman–Crippen LogP) is 6.80. The quantitative estimate of drug-likeness (QED) is 0.296. The van der Waals surface area contributed by atoms with E-state index in [2.05, 4.69) is 0 Å². The molecule has 4 aromatic rings. The van der Waals surface area contributed by atoms with Crippen LogP contribution in [0, 0.1) is 26.6 Å². The smallest absolute Gasteiger partial charge is 0.339 e. The number of hydrogen-bond acceptors (Lipinski definition) is 5. The van der Waals surface area contributed by atoms with Gasteiger partial charge in [-0.2, -0.15) is 0 Å². The summed E-state index contributed by atoms with van der Waals surface area (Å²) >= 11 is 0. The predicted molar refractivity (Wildman–Crippen MR) is 152 cm³/mol. The number of carboxylic acid groups (broad SMARTS) is 1. The average Bonchev–Trinajstić information content (AvgIpc) is 3.24. The fourth-order valence-electron chi connectivity index (χ4n) is 5.78. The molecule has 1 N–H and O–H groups in total. The standard InChI is InChI=1S/C32H34FNO6/c1-16-15-39-18(3)25(16)19-10-11-21-23(13-19)30(35)34(7)27(29(31(36)37)40-32(4,5)6)26(21)22-14-24(33)28-20(17(22)2)9-8-12-38-28/h10-11,13-15,29H,8-9,12H2,1-7H3,(H,36,37). The minimum atomic E-state index is -1.48. The van der Waals surface area contributed by atoms with Crippen LogP contribution in [0.1, 0.15) is 61.4 Å². The van der Waals surface area contributed by atoms with Crippen molar-refractivity contribution in [2.45, 2.75) is 66.1 Å². The minimum absolute atomic E-state index is 0.155. The Bertz CT molecular complexity index is 1700. The summed E-state index contributed by atoms with van der Waals surface area (Å²) in [6.45, 7) is 11.4. The second-order valence-corrected chi connectivity index (χ2v) is 11.5. The number of nitrogens with zero attached hydrogens (tertiary/aromatic N) is 1. The van der Waals surface area contributed by atoms with Crippen molar-refractivity contribution in [1.29, 1.82) is 0 Å². The van der Waals surface area contributed by atoms with E-state index in [0.29, 0.717) is 34.9 Å². The SMILES string of the molecule is Cc1coc(C)c1-c1ccc2c(-c3cc(F)c4c(c3C)CCCO4)c(C(OC(C)(C)C)C(=O)O)n(C)c(=O)c2c1. The van der Waals surface area contributed by atoms with Crippen LogP contribution in [0.25, 0.3) is 33.0 Å². The first-order chi connectivity index (χ1) is 18.8. The summed E-state index contributed by atoms with van der Waals surface area (Å²) in [6, 6.07) is 6.87. The van der Waals surface area contributed by atoms with Gasteiger partial charge >= 0.3 is 5.97 Å². The molecule has 1 unspecified atom stereocenters. The fraction of sp³-hybridized carbons (Fsp3) is 0.375. The number of fused-ring (bicyclic) bond motifs is 2. The van der Waals surface area contributed by atoms with Crippen LogP contribution in [-0.2, 0) is 23.0 Å². The van der Waals surface area contributed by atoms with E-state index in [0.717, 1.165) is 40.0 Å². The number of aryl methyl sites for hydroxylation is 2. The Kier molecular flexibility index (Phi) is 6.86. The molecule has 1 aliphatic heterocycles. The van der Waals surface area contributed by atoms with Crippen LogP contribution < -0.4 is 10.3 Å². The van der Waals surface area contributed by atoms with Crippen LogP contribution in [0.5, 0.6) is 5.75 Å². The first-order valence-corrected chi connectivity index (χ1v) is 13.4. The lowest BCUT2D eigenvalue weighted by atomic mass is 9.87. The van der Waals surface area contributed by atoms with Crippen molar-refractivity contribution in [2.75, 3.05) is 6.61 Å². The highest BCUT2D eigenvalue weighted by Gasteiger charge is 2.34. The van der Waals surface area contributed by atoms with E-state index in [1.54, 1.807) is 39.2 Å². The normalized spacial score (nSPS) is 14.2.